The molecule has 0 aromatic carbocycles. The van der Waals surface area contributed by atoms with Crippen LogP contribution in [0.25, 0.3) is 0 Å². The Morgan fingerprint density at radius 2 is 2.43 bits per heavy atom. The largest absolute Gasteiger partial charge is 0.375 e. The summed E-state index contributed by atoms with van der Waals surface area (Å²) in [6.07, 6.45) is 5.54. The van der Waals surface area contributed by atoms with E-state index in [4.69, 9.17) is 5.73 Å². The quantitative estimate of drug-likeness (QED) is 0.810. The van der Waals surface area contributed by atoms with Crippen LogP contribution in [0.1, 0.15) is 5.82 Å². The van der Waals surface area contributed by atoms with Crippen LogP contribution in [0.5, 0.6) is 0 Å². The average Bonchev–Trinajstić information content (AvgIpc) is 2.72. The lowest BCUT2D eigenvalue weighted by molar-refractivity contribution is 0.849. The second-order valence-electron chi connectivity index (χ2n) is 2.76. The van der Waals surface area contributed by atoms with E-state index in [0.29, 0.717) is 5.13 Å². The highest BCUT2D eigenvalue weighted by Gasteiger charge is 2.03. The molecule has 4 nitrogen and oxygen atoms in total. The summed E-state index contributed by atoms with van der Waals surface area (Å²) in [6, 6.07) is 0. The molecule has 0 unspecified atom stereocenters. The van der Waals surface area contributed by atoms with Gasteiger partial charge in [0.2, 0.25) is 0 Å². The van der Waals surface area contributed by atoms with Gasteiger partial charge in [-0.2, -0.15) is 0 Å². The van der Waals surface area contributed by atoms with Crippen molar-refractivity contribution in [2.24, 2.45) is 7.05 Å². The summed E-state index contributed by atoms with van der Waals surface area (Å²) in [4.78, 5) is 8.22. The minimum atomic E-state index is 0.618. The molecular formula is C8H10N4S2. The van der Waals surface area contributed by atoms with E-state index in [1.165, 1.54) is 11.3 Å². The first-order chi connectivity index (χ1) is 6.75. The van der Waals surface area contributed by atoms with E-state index in [2.05, 4.69) is 9.97 Å². The molecule has 0 saturated carbocycles. The molecule has 6 heteroatoms. The number of aryl methyl sites for hydroxylation is 1. The standard InChI is InChI=1S/C8H10N4S2/c1-12-3-2-10-6(12)5-13-7-4-11-8(9)14-7/h2-4H,5H2,1H3,(H2,9,11). The number of thioether (sulfide) groups is 1. The van der Waals surface area contributed by atoms with Gasteiger partial charge in [0.25, 0.3) is 0 Å². The molecule has 2 N–H and O–H groups in total. The minimum Gasteiger partial charge on any atom is -0.375 e. The molecule has 74 valence electrons. The zero-order valence-corrected chi connectivity index (χ0v) is 9.31. The monoisotopic (exact) mass is 226 g/mol. The van der Waals surface area contributed by atoms with Crippen LogP contribution >= 0.6 is 23.1 Å². The maximum absolute atomic E-state index is 5.53. The molecule has 2 rings (SSSR count). The summed E-state index contributed by atoms with van der Waals surface area (Å²) in [5.41, 5.74) is 5.53. The maximum Gasteiger partial charge on any atom is 0.181 e. The summed E-state index contributed by atoms with van der Waals surface area (Å²) in [7, 11) is 1.99. The Labute approximate surface area is 90.2 Å². The zero-order valence-electron chi connectivity index (χ0n) is 7.67. The number of nitrogens with two attached hydrogens (primary N) is 1. The number of nitrogen functional groups attached to an aromatic ring is 1. The Balaban J connectivity index is 1.98. The smallest absolute Gasteiger partial charge is 0.181 e. The third kappa shape index (κ3) is 2.08. The highest BCUT2D eigenvalue weighted by atomic mass is 32.2. The number of nitrogens with zero attached hydrogens (tertiary/aromatic N) is 3. The Morgan fingerprint density at radius 3 is 3.00 bits per heavy atom. The first-order valence-electron chi connectivity index (χ1n) is 4.06. The summed E-state index contributed by atoms with van der Waals surface area (Å²) in [5, 5.41) is 0.618. The topological polar surface area (TPSA) is 56.7 Å². The van der Waals surface area contributed by atoms with Gasteiger partial charge in [-0.1, -0.05) is 11.3 Å². The van der Waals surface area contributed by atoms with Crippen molar-refractivity contribution in [3.63, 3.8) is 0 Å². The number of anilines is 1. The van der Waals surface area contributed by atoms with Crippen molar-refractivity contribution in [2.75, 3.05) is 5.73 Å². The highest BCUT2D eigenvalue weighted by molar-refractivity contribution is 8.00. The van der Waals surface area contributed by atoms with Crippen LogP contribution in [-0.2, 0) is 12.8 Å². The van der Waals surface area contributed by atoms with Crippen LogP contribution in [-0.4, -0.2) is 14.5 Å². The number of thiazole rings is 1. The van der Waals surface area contributed by atoms with Crippen molar-refractivity contribution in [2.45, 2.75) is 9.96 Å². The lowest BCUT2D eigenvalue weighted by Crippen LogP contribution is -1.93. The number of rotatable bonds is 3. The molecule has 0 aliphatic heterocycles. The van der Waals surface area contributed by atoms with E-state index in [0.717, 1.165) is 15.8 Å². The molecule has 0 amide bonds. The van der Waals surface area contributed by atoms with Crippen molar-refractivity contribution in [3.8, 4) is 0 Å². The second kappa shape index (κ2) is 4.02. The van der Waals surface area contributed by atoms with Crippen LogP contribution in [0.3, 0.4) is 0 Å². The molecule has 0 aliphatic carbocycles. The summed E-state index contributed by atoms with van der Waals surface area (Å²) < 4.78 is 3.14. The van der Waals surface area contributed by atoms with Gasteiger partial charge in [-0.25, -0.2) is 9.97 Å². The van der Waals surface area contributed by atoms with Crippen LogP contribution in [0.15, 0.2) is 22.8 Å². The Kier molecular flexibility index (Phi) is 2.74. The molecule has 0 bridgehead atoms. The van der Waals surface area contributed by atoms with Crippen LogP contribution in [0.2, 0.25) is 0 Å². The van der Waals surface area contributed by atoms with Crippen molar-refractivity contribution >= 4 is 28.2 Å². The lowest BCUT2D eigenvalue weighted by atomic mass is 10.7. The van der Waals surface area contributed by atoms with Gasteiger partial charge >= 0.3 is 0 Å². The average molecular weight is 226 g/mol. The third-order valence-corrected chi connectivity index (χ3v) is 3.78. The molecule has 0 radical (unpaired) electrons. The summed E-state index contributed by atoms with van der Waals surface area (Å²) >= 11 is 3.21. The summed E-state index contributed by atoms with van der Waals surface area (Å²) in [5.74, 6) is 1.91. The fraction of sp³-hybridized carbons (Fsp3) is 0.250. The number of hydrogen-bond donors (Lipinski definition) is 1. The van der Waals surface area contributed by atoms with E-state index in [1.54, 1.807) is 24.2 Å². The van der Waals surface area contributed by atoms with Gasteiger partial charge in [0, 0.05) is 19.4 Å². The Hall–Kier alpha value is -1.01. The first kappa shape index (κ1) is 9.54. The summed E-state index contributed by atoms with van der Waals surface area (Å²) in [6.45, 7) is 0. The van der Waals surface area contributed by atoms with E-state index >= 15 is 0 Å². The fourth-order valence-electron chi connectivity index (χ4n) is 1.01. The Bertz CT molecular complexity index is 420. The number of imidazole rings is 1. The molecule has 2 aromatic heterocycles. The van der Waals surface area contributed by atoms with Gasteiger partial charge in [-0.15, -0.1) is 11.8 Å². The molecule has 2 aromatic rings. The predicted octanol–water partition coefficient (Wildman–Crippen LogP) is 1.75. The van der Waals surface area contributed by atoms with E-state index in [1.807, 2.05) is 17.8 Å². The van der Waals surface area contributed by atoms with Crippen molar-refractivity contribution in [1.82, 2.24) is 14.5 Å². The van der Waals surface area contributed by atoms with E-state index in [9.17, 15) is 0 Å². The fourth-order valence-corrected chi connectivity index (χ4v) is 2.77. The van der Waals surface area contributed by atoms with Crippen molar-refractivity contribution in [1.29, 1.82) is 0 Å². The molecule has 0 saturated heterocycles. The van der Waals surface area contributed by atoms with E-state index in [-0.39, 0.29) is 0 Å². The van der Waals surface area contributed by atoms with Crippen LogP contribution < -0.4 is 5.73 Å². The predicted molar refractivity (Wildman–Crippen MR) is 59.3 cm³/mol. The Morgan fingerprint density at radius 1 is 1.57 bits per heavy atom. The second-order valence-corrected chi connectivity index (χ2v) is 5.10. The van der Waals surface area contributed by atoms with Crippen LogP contribution in [0, 0.1) is 0 Å². The normalized spacial score (nSPS) is 10.6. The van der Waals surface area contributed by atoms with Crippen molar-refractivity contribution < 1.29 is 0 Å². The number of hydrogen-bond acceptors (Lipinski definition) is 5. The zero-order chi connectivity index (χ0) is 9.97. The molecule has 0 aliphatic rings. The third-order valence-electron chi connectivity index (χ3n) is 1.77. The van der Waals surface area contributed by atoms with Gasteiger partial charge in [0.15, 0.2) is 5.13 Å². The van der Waals surface area contributed by atoms with Crippen molar-refractivity contribution in [3.05, 3.63) is 24.4 Å². The van der Waals surface area contributed by atoms with Gasteiger partial charge < -0.3 is 10.3 Å². The van der Waals surface area contributed by atoms with Crippen LogP contribution in [0.4, 0.5) is 5.13 Å². The van der Waals surface area contributed by atoms with Gasteiger partial charge in [-0.05, 0) is 0 Å². The highest BCUT2D eigenvalue weighted by Crippen LogP contribution is 2.28. The molecule has 0 spiro atoms. The minimum absolute atomic E-state index is 0.618. The lowest BCUT2D eigenvalue weighted by Gasteiger charge is -1.98. The molecule has 14 heavy (non-hydrogen) atoms. The van der Waals surface area contributed by atoms with E-state index < -0.39 is 0 Å². The SMILES string of the molecule is Cn1ccnc1CSc1cnc(N)s1. The van der Waals surface area contributed by atoms with Gasteiger partial charge in [0.1, 0.15) is 5.82 Å². The van der Waals surface area contributed by atoms with Gasteiger partial charge in [0.05, 0.1) is 16.2 Å². The van der Waals surface area contributed by atoms with Gasteiger partial charge in [-0.3, -0.25) is 0 Å². The number of aromatic nitrogens is 3. The molecule has 0 atom stereocenters. The molecular weight excluding hydrogens is 216 g/mol. The molecule has 0 fully saturated rings. The molecule has 2 heterocycles. The maximum atomic E-state index is 5.53. The first-order valence-corrected chi connectivity index (χ1v) is 5.86.